The summed E-state index contributed by atoms with van der Waals surface area (Å²) in [7, 11) is 0. The summed E-state index contributed by atoms with van der Waals surface area (Å²) in [5.74, 6) is 1.22. The Labute approximate surface area is 106 Å². The fourth-order valence-corrected chi connectivity index (χ4v) is 1.82. The van der Waals surface area contributed by atoms with Gasteiger partial charge in [0, 0.05) is 12.2 Å². The molecule has 17 heavy (non-hydrogen) atoms. The highest BCUT2D eigenvalue weighted by Crippen LogP contribution is 2.20. The summed E-state index contributed by atoms with van der Waals surface area (Å²) in [6.45, 7) is 8.41. The van der Waals surface area contributed by atoms with Crippen molar-refractivity contribution in [2.24, 2.45) is 11.7 Å². The van der Waals surface area contributed by atoms with Gasteiger partial charge >= 0.3 is 0 Å². The predicted molar refractivity (Wildman–Crippen MR) is 76.5 cm³/mol. The molecule has 1 aromatic rings. The van der Waals surface area contributed by atoms with Crippen molar-refractivity contribution < 1.29 is 0 Å². The molecule has 0 saturated carbocycles. The molecule has 0 bridgehead atoms. The standard InChI is InChI=1S/C15H26N2/c1-4-12(3)14-6-8-15(9-7-14)17-11-13(5-2)10-16/h6-9,12-13,17H,4-5,10-11,16H2,1-3H3. The Kier molecular flexibility index (Phi) is 6.06. The summed E-state index contributed by atoms with van der Waals surface area (Å²) < 4.78 is 0. The molecule has 0 spiro atoms. The first-order valence-electron chi connectivity index (χ1n) is 6.75. The number of hydrogen-bond acceptors (Lipinski definition) is 2. The van der Waals surface area contributed by atoms with Gasteiger partial charge in [0.2, 0.25) is 0 Å². The first-order chi connectivity index (χ1) is 8.21. The molecule has 0 saturated heterocycles. The van der Waals surface area contributed by atoms with Gasteiger partial charge in [0.15, 0.2) is 0 Å². The van der Waals surface area contributed by atoms with Gasteiger partial charge in [-0.2, -0.15) is 0 Å². The van der Waals surface area contributed by atoms with Crippen LogP contribution in [0, 0.1) is 5.92 Å². The van der Waals surface area contributed by atoms with Crippen LogP contribution in [-0.4, -0.2) is 13.1 Å². The molecule has 0 radical (unpaired) electrons. The smallest absolute Gasteiger partial charge is 0.0340 e. The summed E-state index contributed by atoms with van der Waals surface area (Å²) in [5, 5.41) is 3.45. The lowest BCUT2D eigenvalue weighted by atomic mass is 9.98. The first-order valence-corrected chi connectivity index (χ1v) is 6.75. The summed E-state index contributed by atoms with van der Waals surface area (Å²) in [6.07, 6.45) is 2.33. The van der Waals surface area contributed by atoms with Gasteiger partial charge in [0.1, 0.15) is 0 Å². The minimum Gasteiger partial charge on any atom is -0.385 e. The molecule has 0 fully saturated rings. The Bertz CT molecular complexity index is 301. The second kappa shape index (κ2) is 7.33. The number of benzene rings is 1. The zero-order chi connectivity index (χ0) is 12.7. The Morgan fingerprint density at radius 2 is 1.76 bits per heavy atom. The lowest BCUT2D eigenvalue weighted by Crippen LogP contribution is -2.22. The summed E-state index contributed by atoms with van der Waals surface area (Å²) in [5.41, 5.74) is 8.31. The Morgan fingerprint density at radius 1 is 1.12 bits per heavy atom. The highest BCUT2D eigenvalue weighted by molar-refractivity contribution is 5.45. The van der Waals surface area contributed by atoms with Gasteiger partial charge in [-0.15, -0.1) is 0 Å². The molecular weight excluding hydrogens is 208 g/mol. The van der Waals surface area contributed by atoms with Crippen molar-refractivity contribution in [2.45, 2.75) is 39.5 Å². The molecule has 0 aliphatic rings. The van der Waals surface area contributed by atoms with Gasteiger partial charge in [-0.3, -0.25) is 0 Å². The third kappa shape index (κ3) is 4.39. The van der Waals surface area contributed by atoms with Crippen molar-refractivity contribution in [3.8, 4) is 0 Å². The van der Waals surface area contributed by atoms with Crippen LogP contribution in [0.1, 0.15) is 45.1 Å². The van der Waals surface area contributed by atoms with E-state index in [1.807, 2.05) is 0 Å². The minimum absolute atomic E-state index is 0.573. The van der Waals surface area contributed by atoms with Crippen molar-refractivity contribution in [2.75, 3.05) is 18.4 Å². The second-order valence-electron chi connectivity index (χ2n) is 4.82. The van der Waals surface area contributed by atoms with Crippen molar-refractivity contribution in [3.63, 3.8) is 0 Å². The van der Waals surface area contributed by atoms with Crippen molar-refractivity contribution >= 4 is 5.69 Å². The van der Waals surface area contributed by atoms with Gasteiger partial charge < -0.3 is 11.1 Å². The molecule has 0 aromatic heterocycles. The average Bonchev–Trinajstić information content (AvgIpc) is 2.39. The van der Waals surface area contributed by atoms with Gasteiger partial charge in [-0.05, 0) is 42.5 Å². The predicted octanol–water partition coefficient (Wildman–Crippen LogP) is 3.60. The van der Waals surface area contributed by atoms with Gasteiger partial charge in [-0.25, -0.2) is 0 Å². The maximum Gasteiger partial charge on any atom is 0.0340 e. The van der Waals surface area contributed by atoms with E-state index in [1.165, 1.54) is 17.7 Å². The van der Waals surface area contributed by atoms with E-state index in [1.54, 1.807) is 0 Å². The highest BCUT2D eigenvalue weighted by atomic mass is 14.9. The van der Waals surface area contributed by atoms with Gasteiger partial charge in [0.05, 0.1) is 0 Å². The van der Waals surface area contributed by atoms with Crippen LogP contribution in [0.3, 0.4) is 0 Å². The van der Waals surface area contributed by atoms with Crippen LogP contribution in [0.5, 0.6) is 0 Å². The molecule has 96 valence electrons. The van der Waals surface area contributed by atoms with Crippen LogP contribution in [0.4, 0.5) is 5.69 Å². The van der Waals surface area contributed by atoms with Crippen LogP contribution in [0.15, 0.2) is 24.3 Å². The second-order valence-corrected chi connectivity index (χ2v) is 4.82. The summed E-state index contributed by atoms with van der Waals surface area (Å²) in [6, 6.07) is 8.79. The molecule has 0 heterocycles. The lowest BCUT2D eigenvalue weighted by Gasteiger charge is -2.15. The fourth-order valence-electron chi connectivity index (χ4n) is 1.82. The average molecular weight is 234 g/mol. The minimum atomic E-state index is 0.573. The zero-order valence-electron chi connectivity index (χ0n) is 11.4. The van der Waals surface area contributed by atoms with E-state index in [4.69, 9.17) is 5.73 Å². The molecule has 3 N–H and O–H groups in total. The molecule has 0 amide bonds. The van der Waals surface area contributed by atoms with Crippen LogP contribution in [0.25, 0.3) is 0 Å². The number of hydrogen-bond donors (Lipinski definition) is 2. The topological polar surface area (TPSA) is 38.0 Å². The van der Waals surface area contributed by atoms with Crippen LogP contribution >= 0.6 is 0 Å². The van der Waals surface area contributed by atoms with Crippen LogP contribution in [0.2, 0.25) is 0 Å². The fraction of sp³-hybridized carbons (Fsp3) is 0.600. The van der Waals surface area contributed by atoms with E-state index in [0.717, 1.165) is 19.5 Å². The van der Waals surface area contributed by atoms with Gasteiger partial charge in [0.25, 0.3) is 0 Å². The van der Waals surface area contributed by atoms with Crippen molar-refractivity contribution in [1.29, 1.82) is 0 Å². The SMILES string of the molecule is CCC(CN)CNc1ccc(C(C)CC)cc1. The number of nitrogens with two attached hydrogens (primary N) is 1. The maximum atomic E-state index is 5.69. The number of rotatable bonds is 7. The largest absolute Gasteiger partial charge is 0.385 e. The van der Waals surface area contributed by atoms with E-state index in [0.29, 0.717) is 11.8 Å². The van der Waals surface area contributed by atoms with Crippen LogP contribution in [-0.2, 0) is 0 Å². The van der Waals surface area contributed by atoms with E-state index in [-0.39, 0.29) is 0 Å². The summed E-state index contributed by atoms with van der Waals surface area (Å²) >= 11 is 0. The third-order valence-electron chi connectivity index (χ3n) is 3.60. The molecule has 2 heteroatoms. The Balaban J connectivity index is 2.50. The molecule has 1 aromatic carbocycles. The molecule has 0 aliphatic carbocycles. The number of nitrogens with one attached hydrogen (secondary N) is 1. The van der Waals surface area contributed by atoms with Crippen LogP contribution < -0.4 is 11.1 Å². The molecule has 2 atom stereocenters. The van der Waals surface area contributed by atoms with Crippen molar-refractivity contribution in [3.05, 3.63) is 29.8 Å². The first kappa shape index (κ1) is 14.0. The van der Waals surface area contributed by atoms with Crippen molar-refractivity contribution in [1.82, 2.24) is 0 Å². The normalized spacial score (nSPS) is 14.4. The van der Waals surface area contributed by atoms with Gasteiger partial charge in [-0.1, -0.05) is 39.3 Å². The molecular formula is C15H26N2. The van der Waals surface area contributed by atoms with E-state index in [2.05, 4.69) is 50.4 Å². The van der Waals surface area contributed by atoms with E-state index in [9.17, 15) is 0 Å². The molecule has 2 unspecified atom stereocenters. The summed E-state index contributed by atoms with van der Waals surface area (Å²) in [4.78, 5) is 0. The Morgan fingerprint density at radius 3 is 2.24 bits per heavy atom. The zero-order valence-corrected chi connectivity index (χ0v) is 11.4. The monoisotopic (exact) mass is 234 g/mol. The molecule has 1 rings (SSSR count). The Hall–Kier alpha value is -1.02. The number of anilines is 1. The molecule has 0 aliphatic heterocycles. The quantitative estimate of drug-likeness (QED) is 0.756. The third-order valence-corrected chi connectivity index (χ3v) is 3.60. The maximum absolute atomic E-state index is 5.69. The lowest BCUT2D eigenvalue weighted by molar-refractivity contribution is 0.548. The molecule has 2 nitrogen and oxygen atoms in total. The highest BCUT2D eigenvalue weighted by Gasteiger charge is 2.04. The van der Waals surface area contributed by atoms with E-state index >= 15 is 0 Å². The van der Waals surface area contributed by atoms with E-state index < -0.39 is 0 Å².